The molecule has 0 bridgehead atoms. The Balaban J connectivity index is 0.00000225. The molecule has 0 N–H and O–H groups in total. The van der Waals surface area contributed by atoms with Crippen molar-refractivity contribution in [3.05, 3.63) is 92.5 Å². The maximum Gasteiger partial charge on any atom is 0.335 e. The molecule has 1 heterocycles. The number of aromatic nitrogens is 4. The molecule has 0 saturated carbocycles. The van der Waals surface area contributed by atoms with Gasteiger partial charge in [-0.15, -0.1) is 0 Å². The van der Waals surface area contributed by atoms with Crippen LogP contribution in [0.15, 0.2) is 78.9 Å². The molecule has 0 amide bonds. The van der Waals surface area contributed by atoms with Gasteiger partial charge in [-0.05, 0) is 71.1 Å². The van der Waals surface area contributed by atoms with Crippen LogP contribution in [0.1, 0.15) is 0 Å². The van der Waals surface area contributed by atoms with E-state index in [1.165, 1.54) is 16.9 Å². The summed E-state index contributed by atoms with van der Waals surface area (Å²) in [4.78, 5) is 11.9. The zero-order chi connectivity index (χ0) is 18.8. The first-order valence-electron chi connectivity index (χ1n) is 8.08. The lowest BCUT2D eigenvalue weighted by atomic mass is 10.2. The molecule has 0 fully saturated rings. The van der Waals surface area contributed by atoms with Gasteiger partial charge in [-0.25, -0.2) is 0 Å². The lowest BCUT2D eigenvalue weighted by molar-refractivity contribution is -0.651. The van der Waals surface area contributed by atoms with E-state index < -0.39 is 4.92 Å². The quantitative estimate of drug-likeness (QED) is 0.177. The van der Waals surface area contributed by atoms with Crippen LogP contribution >= 0.6 is 22.6 Å². The van der Waals surface area contributed by atoms with Gasteiger partial charge < -0.3 is 12.4 Å². The summed E-state index contributed by atoms with van der Waals surface area (Å²) in [6.07, 6.45) is 0. The minimum atomic E-state index is -0.429. The van der Waals surface area contributed by atoms with Gasteiger partial charge in [-0.1, -0.05) is 22.9 Å². The number of hydrogen-bond acceptors (Lipinski definition) is 4. The standard InChI is InChI=1S/C19H13IN5O2.ClH/c20-15-6-8-16(9-7-15)23-19(14-4-2-1-3-5-14)21-24(22-23)17-10-12-18(13-11-17)25(26)27;/h1-13H;1H/q+1;/p-1. The van der Waals surface area contributed by atoms with E-state index in [2.05, 4.69) is 32.9 Å². The molecule has 0 radical (unpaired) electrons. The fourth-order valence-electron chi connectivity index (χ4n) is 2.62. The van der Waals surface area contributed by atoms with E-state index in [9.17, 15) is 10.1 Å². The summed E-state index contributed by atoms with van der Waals surface area (Å²) in [6.45, 7) is 0. The predicted molar refractivity (Wildman–Crippen MR) is 108 cm³/mol. The van der Waals surface area contributed by atoms with Crippen molar-refractivity contribution < 1.29 is 22.0 Å². The Morgan fingerprint density at radius 1 is 0.929 bits per heavy atom. The summed E-state index contributed by atoms with van der Waals surface area (Å²) in [5, 5.41) is 20.1. The number of nitro benzene ring substituents is 1. The van der Waals surface area contributed by atoms with E-state index in [0.29, 0.717) is 11.5 Å². The number of tetrazole rings is 1. The molecule has 4 rings (SSSR count). The molecule has 0 spiro atoms. The molecule has 0 aliphatic heterocycles. The molecular weight excluding hydrogens is 493 g/mol. The van der Waals surface area contributed by atoms with Gasteiger partial charge in [-0.2, -0.15) is 0 Å². The van der Waals surface area contributed by atoms with Crippen LogP contribution < -0.4 is 17.1 Å². The third-order valence-electron chi connectivity index (χ3n) is 3.96. The molecular formula is C19H13ClIN5O2. The molecule has 9 heteroatoms. The number of nitrogens with zero attached hydrogens (tertiary/aromatic N) is 5. The highest BCUT2D eigenvalue weighted by Gasteiger charge is 2.24. The second-order valence-corrected chi connectivity index (χ2v) is 6.98. The van der Waals surface area contributed by atoms with Crippen molar-refractivity contribution in [2.75, 3.05) is 0 Å². The first-order chi connectivity index (χ1) is 13.1. The molecule has 7 nitrogen and oxygen atoms in total. The Morgan fingerprint density at radius 3 is 2.18 bits per heavy atom. The van der Waals surface area contributed by atoms with Crippen LogP contribution in [0.25, 0.3) is 22.8 Å². The number of rotatable bonds is 4. The lowest BCUT2D eigenvalue weighted by Gasteiger charge is -1.98. The lowest BCUT2D eigenvalue weighted by Crippen LogP contribution is -3.00. The van der Waals surface area contributed by atoms with Crippen molar-refractivity contribution in [3.63, 3.8) is 0 Å². The van der Waals surface area contributed by atoms with E-state index in [0.717, 1.165) is 14.8 Å². The largest absolute Gasteiger partial charge is 1.00 e. The molecule has 1 aromatic heterocycles. The number of benzene rings is 3. The van der Waals surface area contributed by atoms with Crippen molar-refractivity contribution in [1.29, 1.82) is 0 Å². The van der Waals surface area contributed by atoms with Gasteiger partial charge in [0.1, 0.15) is 5.69 Å². The third kappa shape index (κ3) is 4.02. The Bertz CT molecular complexity index is 1100. The summed E-state index contributed by atoms with van der Waals surface area (Å²) in [7, 11) is 0. The molecule has 0 aliphatic carbocycles. The van der Waals surface area contributed by atoms with Crippen molar-refractivity contribution in [2.45, 2.75) is 0 Å². The monoisotopic (exact) mass is 505 g/mol. The van der Waals surface area contributed by atoms with Crippen molar-refractivity contribution in [3.8, 4) is 22.8 Å². The average molecular weight is 506 g/mol. The van der Waals surface area contributed by atoms with E-state index in [1.54, 1.807) is 16.8 Å². The molecule has 0 saturated heterocycles. The number of hydrogen-bond donors (Lipinski definition) is 0. The van der Waals surface area contributed by atoms with E-state index in [4.69, 9.17) is 0 Å². The maximum atomic E-state index is 10.9. The van der Waals surface area contributed by atoms with Gasteiger partial charge in [0, 0.05) is 20.5 Å². The predicted octanol–water partition coefficient (Wildman–Crippen LogP) is 0.728. The molecule has 3 aromatic carbocycles. The first-order valence-corrected chi connectivity index (χ1v) is 9.15. The smallest absolute Gasteiger partial charge is 0.335 e. The normalized spacial score (nSPS) is 10.3. The molecule has 4 aromatic rings. The van der Waals surface area contributed by atoms with Crippen molar-refractivity contribution in [2.24, 2.45) is 0 Å². The highest BCUT2D eigenvalue weighted by molar-refractivity contribution is 14.1. The second-order valence-electron chi connectivity index (χ2n) is 5.73. The van der Waals surface area contributed by atoms with E-state index >= 15 is 0 Å². The first kappa shape index (κ1) is 19.9. The summed E-state index contributed by atoms with van der Waals surface area (Å²) in [5.74, 6) is 0.676. The molecule has 0 aliphatic rings. The number of nitro groups is 1. The highest BCUT2D eigenvalue weighted by Crippen LogP contribution is 2.17. The zero-order valence-electron chi connectivity index (χ0n) is 14.3. The Labute approximate surface area is 180 Å². The minimum Gasteiger partial charge on any atom is -1.00 e. The number of non-ortho nitro benzene ring substituents is 1. The Morgan fingerprint density at radius 2 is 1.57 bits per heavy atom. The fraction of sp³-hybridized carbons (Fsp3) is 0. The van der Waals surface area contributed by atoms with Gasteiger partial charge in [0.2, 0.25) is 0 Å². The van der Waals surface area contributed by atoms with E-state index in [1.807, 2.05) is 54.6 Å². The zero-order valence-corrected chi connectivity index (χ0v) is 17.2. The summed E-state index contributed by atoms with van der Waals surface area (Å²) in [5.41, 5.74) is 2.47. The molecule has 0 unspecified atom stereocenters. The van der Waals surface area contributed by atoms with Crippen LogP contribution in [-0.4, -0.2) is 20.0 Å². The van der Waals surface area contributed by atoms with Gasteiger partial charge in [0.15, 0.2) is 5.69 Å². The van der Waals surface area contributed by atoms with Crippen LogP contribution in [0, 0.1) is 13.7 Å². The molecule has 28 heavy (non-hydrogen) atoms. The van der Waals surface area contributed by atoms with Gasteiger partial charge >= 0.3 is 5.82 Å². The summed E-state index contributed by atoms with van der Waals surface area (Å²) >= 11 is 2.25. The topological polar surface area (TPSA) is 77.7 Å². The molecule has 0 atom stereocenters. The average Bonchev–Trinajstić information content (AvgIpc) is 3.15. The Kier molecular flexibility index (Phi) is 6.00. The Hall–Kier alpha value is -2.85. The maximum absolute atomic E-state index is 10.9. The van der Waals surface area contributed by atoms with Gasteiger partial charge in [0.25, 0.3) is 5.69 Å². The fourth-order valence-corrected chi connectivity index (χ4v) is 2.98. The van der Waals surface area contributed by atoms with Crippen molar-refractivity contribution >= 4 is 28.3 Å². The van der Waals surface area contributed by atoms with E-state index in [-0.39, 0.29) is 18.1 Å². The number of halogens is 2. The SMILES string of the molecule is O=[N+]([O-])c1ccc(-n2nc(-c3ccccc3)[n+](-c3ccc(I)cc3)n2)cc1.[Cl-]. The van der Waals surface area contributed by atoms with Gasteiger partial charge in [-0.3, -0.25) is 10.1 Å². The van der Waals surface area contributed by atoms with Crippen LogP contribution in [0.2, 0.25) is 0 Å². The summed E-state index contributed by atoms with van der Waals surface area (Å²) in [6, 6.07) is 23.9. The summed E-state index contributed by atoms with van der Waals surface area (Å²) < 4.78 is 2.88. The van der Waals surface area contributed by atoms with Crippen LogP contribution in [0.5, 0.6) is 0 Å². The van der Waals surface area contributed by atoms with Crippen LogP contribution in [-0.2, 0) is 0 Å². The third-order valence-corrected chi connectivity index (χ3v) is 4.68. The second kappa shape index (κ2) is 8.44. The minimum absolute atomic E-state index is 0. The van der Waals surface area contributed by atoms with Crippen molar-refractivity contribution in [1.82, 2.24) is 15.1 Å². The van der Waals surface area contributed by atoms with Crippen LogP contribution in [0.3, 0.4) is 0 Å². The highest BCUT2D eigenvalue weighted by atomic mass is 127. The van der Waals surface area contributed by atoms with Gasteiger partial charge in [0.05, 0.1) is 20.8 Å². The molecule has 140 valence electrons. The van der Waals surface area contributed by atoms with Crippen LogP contribution in [0.4, 0.5) is 5.69 Å².